The van der Waals surface area contributed by atoms with E-state index in [1.807, 2.05) is 48.5 Å². The molecular weight excluding hydrogens is 302 g/mol. The highest BCUT2D eigenvalue weighted by atomic mass is 16.6. The largest absolute Gasteiger partial charge is 0.390 e. The lowest BCUT2D eigenvalue weighted by Gasteiger charge is -2.17. The Morgan fingerprint density at radius 3 is 2.54 bits per heavy atom. The summed E-state index contributed by atoms with van der Waals surface area (Å²) in [5.41, 5.74) is 4.10. The van der Waals surface area contributed by atoms with E-state index in [-0.39, 0.29) is 5.78 Å². The van der Waals surface area contributed by atoms with Gasteiger partial charge in [-0.15, -0.1) is 0 Å². The highest BCUT2D eigenvalue weighted by molar-refractivity contribution is 6.28. The Hall–Kier alpha value is -3.21. The van der Waals surface area contributed by atoms with Crippen LogP contribution in [0.25, 0.3) is 0 Å². The van der Waals surface area contributed by atoms with Crippen LogP contribution in [0.15, 0.2) is 66.1 Å². The molecule has 0 fully saturated rings. The zero-order chi connectivity index (χ0) is 16.5. The molecule has 0 unspecified atom stereocenters. The van der Waals surface area contributed by atoms with Gasteiger partial charge in [0.1, 0.15) is 23.7 Å². The third kappa shape index (κ3) is 2.31. The van der Waals surface area contributed by atoms with Gasteiger partial charge in [-0.3, -0.25) is 4.79 Å². The quantitative estimate of drug-likeness (QED) is 0.546. The number of ketones is 1. The topological polar surface area (TPSA) is 56.5 Å². The van der Waals surface area contributed by atoms with Crippen molar-refractivity contribution in [2.24, 2.45) is 12.2 Å². The number of carbonyl (C=O) groups is 1. The van der Waals surface area contributed by atoms with Gasteiger partial charge in [0.15, 0.2) is 0 Å². The summed E-state index contributed by atoms with van der Waals surface area (Å²) in [6.07, 6.45) is 1.63. The molecule has 4 rings (SSSR count). The van der Waals surface area contributed by atoms with Crippen LogP contribution >= 0.6 is 0 Å². The Labute approximate surface area is 139 Å². The monoisotopic (exact) mass is 317 g/mol. The Kier molecular flexibility index (Phi) is 3.46. The van der Waals surface area contributed by atoms with Crippen molar-refractivity contribution < 1.29 is 9.63 Å². The second-order valence-corrected chi connectivity index (χ2v) is 5.63. The van der Waals surface area contributed by atoms with E-state index in [1.54, 1.807) is 24.0 Å². The minimum Gasteiger partial charge on any atom is -0.390 e. The fraction of sp³-hybridized carbons (Fsp3) is 0.105. The van der Waals surface area contributed by atoms with Crippen LogP contribution in [-0.2, 0) is 18.5 Å². The van der Waals surface area contributed by atoms with Crippen molar-refractivity contribution in [2.45, 2.75) is 6.61 Å². The summed E-state index contributed by atoms with van der Waals surface area (Å²) in [6, 6.07) is 17.2. The third-order valence-electron chi connectivity index (χ3n) is 4.03. The Balaban J connectivity index is 1.74. The van der Waals surface area contributed by atoms with Crippen LogP contribution < -0.4 is 0 Å². The van der Waals surface area contributed by atoms with E-state index >= 15 is 0 Å². The van der Waals surface area contributed by atoms with E-state index < -0.39 is 0 Å². The standard InChI is InChI=1S/C19H15N3O2/c1-22-12-20-17-16(21-24-11-13-7-3-2-4-8-13)14-9-5-6-10-15(14)19(23)18(17)22/h2-10,12H,11H2,1H3/b21-16+. The fourth-order valence-corrected chi connectivity index (χ4v) is 2.85. The van der Waals surface area contributed by atoms with E-state index in [4.69, 9.17) is 4.84 Å². The number of hydrogen-bond donors (Lipinski definition) is 0. The number of aryl methyl sites for hydroxylation is 1. The number of imidazole rings is 1. The van der Waals surface area contributed by atoms with Gasteiger partial charge >= 0.3 is 0 Å². The van der Waals surface area contributed by atoms with Crippen LogP contribution in [0.1, 0.15) is 32.9 Å². The average molecular weight is 317 g/mol. The van der Waals surface area contributed by atoms with Crippen molar-refractivity contribution in [2.75, 3.05) is 0 Å². The molecule has 1 aromatic heterocycles. The van der Waals surface area contributed by atoms with Crippen LogP contribution in [0.3, 0.4) is 0 Å². The number of benzene rings is 2. The zero-order valence-electron chi connectivity index (χ0n) is 13.1. The van der Waals surface area contributed by atoms with E-state index in [9.17, 15) is 4.79 Å². The molecule has 1 aliphatic rings. The molecule has 0 N–H and O–H groups in total. The minimum atomic E-state index is -0.0393. The Morgan fingerprint density at radius 2 is 1.75 bits per heavy atom. The number of nitrogens with zero attached hydrogens (tertiary/aromatic N) is 3. The highest BCUT2D eigenvalue weighted by Crippen LogP contribution is 2.26. The van der Waals surface area contributed by atoms with Gasteiger partial charge in [0.25, 0.3) is 0 Å². The number of hydrogen-bond acceptors (Lipinski definition) is 4. The predicted octanol–water partition coefficient (Wildman–Crippen LogP) is 2.93. The zero-order valence-corrected chi connectivity index (χ0v) is 13.1. The normalized spacial score (nSPS) is 14.4. The molecule has 0 amide bonds. The van der Waals surface area contributed by atoms with Gasteiger partial charge in [-0.2, -0.15) is 0 Å². The smallest absolute Gasteiger partial charge is 0.212 e. The van der Waals surface area contributed by atoms with Crippen LogP contribution in [0, 0.1) is 0 Å². The molecule has 5 heteroatoms. The molecule has 0 radical (unpaired) electrons. The second kappa shape index (κ2) is 5.77. The second-order valence-electron chi connectivity index (χ2n) is 5.63. The first-order valence-corrected chi connectivity index (χ1v) is 7.65. The number of aromatic nitrogens is 2. The molecule has 0 bridgehead atoms. The van der Waals surface area contributed by atoms with Crippen molar-refractivity contribution in [1.82, 2.24) is 9.55 Å². The molecule has 118 valence electrons. The number of rotatable bonds is 3. The van der Waals surface area contributed by atoms with Crippen molar-refractivity contribution in [3.63, 3.8) is 0 Å². The van der Waals surface area contributed by atoms with E-state index in [2.05, 4.69) is 10.1 Å². The van der Waals surface area contributed by atoms with E-state index in [1.165, 1.54) is 0 Å². The lowest BCUT2D eigenvalue weighted by molar-refractivity contribution is 0.102. The number of fused-ring (bicyclic) bond motifs is 2. The molecule has 5 nitrogen and oxygen atoms in total. The Bertz CT molecular complexity index is 942. The van der Waals surface area contributed by atoms with Crippen molar-refractivity contribution in [3.05, 3.63) is 89.0 Å². The maximum atomic E-state index is 12.7. The first-order valence-electron chi connectivity index (χ1n) is 7.65. The van der Waals surface area contributed by atoms with Crippen LogP contribution in [0.4, 0.5) is 0 Å². The molecule has 0 atom stereocenters. The third-order valence-corrected chi connectivity index (χ3v) is 4.03. The fourth-order valence-electron chi connectivity index (χ4n) is 2.85. The first kappa shape index (κ1) is 14.4. The van der Waals surface area contributed by atoms with Gasteiger partial charge in [0.05, 0.1) is 6.33 Å². The molecule has 0 saturated carbocycles. The minimum absolute atomic E-state index is 0.0393. The van der Waals surface area contributed by atoms with Gasteiger partial charge in [-0.1, -0.05) is 59.8 Å². The summed E-state index contributed by atoms with van der Waals surface area (Å²) in [6.45, 7) is 0.364. The van der Waals surface area contributed by atoms with Crippen LogP contribution in [0.2, 0.25) is 0 Å². The maximum Gasteiger partial charge on any atom is 0.212 e. The van der Waals surface area contributed by atoms with Crippen LogP contribution in [-0.4, -0.2) is 21.0 Å². The Morgan fingerprint density at radius 1 is 1.04 bits per heavy atom. The molecule has 1 heterocycles. The van der Waals surface area contributed by atoms with E-state index in [0.29, 0.717) is 29.3 Å². The summed E-state index contributed by atoms with van der Waals surface area (Å²) in [7, 11) is 1.81. The molecular formula is C19H15N3O2. The van der Waals surface area contributed by atoms with E-state index in [0.717, 1.165) is 11.1 Å². The van der Waals surface area contributed by atoms with Crippen molar-refractivity contribution >= 4 is 11.5 Å². The maximum absolute atomic E-state index is 12.7. The van der Waals surface area contributed by atoms with Gasteiger partial charge in [-0.05, 0) is 5.56 Å². The first-order chi connectivity index (χ1) is 11.8. The molecule has 0 saturated heterocycles. The summed E-state index contributed by atoms with van der Waals surface area (Å²) >= 11 is 0. The molecule has 1 aliphatic carbocycles. The summed E-state index contributed by atoms with van der Waals surface area (Å²) in [4.78, 5) is 22.6. The summed E-state index contributed by atoms with van der Waals surface area (Å²) in [5, 5.41) is 4.30. The summed E-state index contributed by atoms with van der Waals surface area (Å²) in [5.74, 6) is -0.0393. The van der Waals surface area contributed by atoms with Crippen molar-refractivity contribution in [3.8, 4) is 0 Å². The number of carbonyl (C=O) groups excluding carboxylic acids is 1. The molecule has 0 aliphatic heterocycles. The van der Waals surface area contributed by atoms with Crippen molar-refractivity contribution in [1.29, 1.82) is 0 Å². The van der Waals surface area contributed by atoms with Gasteiger partial charge in [0.2, 0.25) is 5.78 Å². The van der Waals surface area contributed by atoms with Gasteiger partial charge in [-0.25, -0.2) is 4.98 Å². The highest BCUT2D eigenvalue weighted by Gasteiger charge is 2.32. The van der Waals surface area contributed by atoms with Gasteiger partial charge in [0, 0.05) is 18.2 Å². The lowest BCUT2D eigenvalue weighted by atomic mass is 9.89. The van der Waals surface area contributed by atoms with Crippen LogP contribution in [0.5, 0.6) is 0 Å². The van der Waals surface area contributed by atoms with Gasteiger partial charge < -0.3 is 9.40 Å². The molecule has 3 aromatic rings. The lowest BCUT2D eigenvalue weighted by Crippen LogP contribution is -2.23. The number of oxime groups is 1. The molecule has 2 aromatic carbocycles. The predicted molar refractivity (Wildman–Crippen MR) is 90.0 cm³/mol. The molecule has 0 spiro atoms. The average Bonchev–Trinajstić information content (AvgIpc) is 3.01. The molecule has 24 heavy (non-hydrogen) atoms. The summed E-state index contributed by atoms with van der Waals surface area (Å²) < 4.78 is 1.72. The SMILES string of the molecule is Cn1cnc2c1C(=O)c1ccccc1/C2=N\OCc1ccccc1.